The van der Waals surface area contributed by atoms with Crippen LogP contribution in [0.1, 0.15) is 21.5 Å². The zero-order valence-corrected chi connectivity index (χ0v) is 12.1. The molecule has 2 aromatic carbocycles. The van der Waals surface area contributed by atoms with Crippen molar-refractivity contribution in [3.8, 4) is 0 Å². The van der Waals surface area contributed by atoms with Gasteiger partial charge in [0.1, 0.15) is 5.82 Å². The summed E-state index contributed by atoms with van der Waals surface area (Å²) in [6, 6.07) is 12.1. The Bertz CT molecular complexity index is 576. The van der Waals surface area contributed by atoms with Crippen LogP contribution in [0.15, 0.2) is 42.5 Å². The van der Waals surface area contributed by atoms with Gasteiger partial charge in [-0.1, -0.05) is 29.8 Å². The number of carbonyl (C=O) groups is 1. The molecule has 0 radical (unpaired) electrons. The summed E-state index contributed by atoms with van der Waals surface area (Å²) >= 11 is 1.99. The highest BCUT2D eigenvalue weighted by Gasteiger charge is 2.11. The molecule has 2 rings (SSSR count). The van der Waals surface area contributed by atoms with Crippen LogP contribution >= 0.6 is 22.6 Å². The third kappa shape index (κ3) is 3.16. The van der Waals surface area contributed by atoms with Crippen LogP contribution in [-0.2, 0) is 6.42 Å². The molecule has 0 amide bonds. The smallest absolute Gasteiger partial charge is 0.168 e. The fraction of sp³-hybridized carbons (Fsp3) is 0.133. The van der Waals surface area contributed by atoms with Crippen LogP contribution in [0.2, 0.25) is 0 Å². The van der Waals surface area contributed by atoms with E-state index in [0.717, 1.165) is 5.56 Å². The maximum atomic E-state index is 13.0. The van der Waals surface area contributed by atoms with Gasteiger partial charge in [0.2, 0.25) is 0 Å². The molecular weight excluding hydrogens is 342 g/mol. The van der Waals surface area contributed by atoms with Crippen molar-refractivity contribution in [3.05, 3.63) is 68.5 Å². The number of hydrogen-bond acceptors (Lipinski definition) is 1. The minimum atomic E-state index is -0.314. The second kappa shape index (κ2) is 5.61. The van der Waals surface area contributed by atoms with Gasteiger partial charge >= 0.3 is 0 Å². The van der Waals surface area contributed by atoms with E-state index >= 15 is 0 Å². The summed E-state index contributed by atoms with van der Waals surface area (Å²) in [5.41, 5.74) is 2.73. The van der Waals surface area contributed by atoms with Crippen molar-refractivity contribution in [2.45, 2.75) is 13.3 Å². The molecule has 0 bridgehead atoms. The molecular formula is C15H12FIO. The van der Waals surface area contributed by atoms with Crippen LogP contribution in [-0.4, -0.2) is 5.78 Å². The third-order valence-corrected chi connectivity index (χ3v) is 3.61. The predicted octanol–water partition coefficient (Wildman–Crippen LogP) is 4.16. The summed E-state index contributed by atoms with van der Waals surface area (Å²) in [6.45, 7) is 2.01. The topological polar surface area (TPSA) is 17.1 Å². The van der Waals surface area contributed by atoms with Gasteiger partial charge in [0.25, 0.3) is 0 Å². The van der Waals surface area contributed by atoms with Gasteiger partial charge in [0.15, 0.2) is 5.78 Å². The summed E-state index contributed by atoms with van der Waals surface area (Å²) < 4.78 is 13.6. The Morgan fingerprint density at radius 2 is 1.83 bits per heavy atom. The fourth-order valence-corrected chi connectivity index (χ4v) is 2.48. The standard InChI is InChI=1S/C15H12FIO/c1-10-2-4-11(5-3-10)8-15(18)13-7-6-12(16)9-14(13)17/h2-7,9H,8H2,1H3. The second-order valence-corrected chi connectivity index (χ2v) is 5.37. The van der Waals surface area contributed by atoms with Gasteiger partial charge in [0, 0.05) is 15.6 Å². The first-order valence-corrected chi connectivity index (χ1v) is 6.68. The highest BCUT2D eigenvalue weighted by atomic mass is 127. The van der Waals surface area contributed by atoms with Crippen LogP contribution in [0.5, 0.6) is 0 Å². The minimum Gasteiger partial charge on any atom is -0.294 e. The van der Waals surface area contributed by atoms with Gasteiger partial charge in [-0.2, -0.15) is 0 Å². The van der Waals surface area contributed by atoms with E-state index in [-0.39, 0.29) is 11.6 Å². The Balaban J connectivity index is 2.19. The van der Waals surface area contributed by atoms with Crippen molar-refractivity contribution >= 4 is 28.4 Å². The van der Waals surface area contributed by atoms with E-state index in [2.05, 4.69) is 0 Å². The van der Waals surface area contributed by atoms with E-state index in [0.29, 0.717) is 15.6 Å². The van der Waals surface area contributed by atoms with Crippen molar-refractivity contribution in [3.63, 3.8) is 0 Å². The lowest BCUT2D eigenvalue weighted by Crippen LogP contribution is -2.06. The number of hydrogen-bond donors (Lipinski definition) is 0. The first-order chi connectivity index (χ1) is 8.56. The lowest BCUT2D eigenvalue weighted by Gasteiger charge is -2.04. The Morgan fingerprint density at radius 3 is 2.44 bits per heavy atom. The lowest BCUT2D eigenvalue weighted by molar-refractivity contribution is 0.0992. The molecule has 92 valence electrons. The Morgan fingerprint density at radius 1 is 1.17 bits per heavy atom. The molecule has 0 atom stereocenters. The van der Waals surface area contributed by atoms with Crippen LogP contribution in [0.25, 0.3) is 0 Å². The number of halogens is 2. The number of carbonyl (C=O) groups excluding carboxylic acids is 1. The average Bonchev–Trinajstić information content (AvgIpc) is 2.32. The zero-order chi connectivity index (χ0) is 13.1. The van der Waals surface area contributed by atoms with E-state index in [9.17, 15) is 9.18 Å². The summed E-state index contributed by atoms with van der Waals surface area (Å²) in [5.74, 6) is -0.297. The number of rotatable bonds is 3. The first-order valence-electron chi connectivity index (χ1n) is 5.60. The normalized spacial score (nSPS) is 10.4. The number of Topliss-reactive ketones (excluding diaryl/α,β-unsaturated/α-hetero) is 1. The summed E-state index contributed by atoms with van der Waals surface area (Å²) in [6.07, 6.45) is 0.349. The van der Waals surface area contributed by atoms with E-state index in [1.165, 1.54) is 17.7 Å². The minimum absolute atomic E-state index is 0.0169. The van der Waals surface area contributed by atoms with E-state index < -0.39 is 0 Å². The SMILES string of the molecule is Cc1ccc(CC(=O)c2ccc(F)cc2I)cc1. The summed E-state index contributed by atoms with van der Waals surface area (Å²) in [5, 5.41) is 0. The first kappa shape index (κ1) is 13.2. The second-order valence-electron chi connectivity index (χ2n) is 4.21. The molecule has 0 aliphatic carbocycles. The van der Waals surface area contributed by atoms with Crippen LogP contribution in [0.4, 0.5) is 4.39 Å². The van der Waals surface area contributed by atoms with Crippen molar-refractivity contribution in [2.75, 3.05) is 0 Å². The Kier molecular flexibility index (Phi) is 4.11. The van der Waals surface area contributed by atoms with Gasteiger partial charge in [-0.3, -0.25) is 4.79 Å². The molecule has 0 spiro atoms. The molecule has 0 saturated carbocycles. The maximum Gasteiger partial charge on any atom is 0.168 e. The van der Waals surface area contributed by atoms with Crippen LogP contribution in [0.3, 0.4) is 0 Å². The van der Waals surface area contributed by atoms with Gasteiger partial charge in [-0.15, -0.1) is 0 Å². The molecule has 1 nitrogen and oxygen atoms in total. The molecule has 0 fully saturated rings. The lowest BCUT2D eigenvalue weighted by atomic mass is 10.0. The highest BCUT2D eigenvalue weighted by molar-refractivity contribution is 14.1. The molecule has 0 aromatic heterocycles. The molecule has 2 aromatic rings. The molecule has 18 heavy (non-hydrogen) atoms. The quantitative estimate of drug-likeness (QED) is 0.598. The molecule has 0 unspecified atom stereocenters. The third-order valence-electron chi connectivity index (χ3n) is 2.72. The van der Waals surface area contributed by atoms with Gasteiger partial charge in [0.05, 0.1) is 0 Å². The average molecular weight is 354 g/mol. The monoisotopic (exact) mass is 354 g/mol. The molecule has 0 N–H and O–H groups in total. The summed E-state index contributed by atoms with van der Waals surface area (Å²) in [7, 11) is 0. The van der Waals surface area contributed by atoms with Gasteiger partial charge in [-0.05, 0) is 53.3 Å². The van der Waals surface area contributed by atoms with E-state index in [1.54, 1.807) is 6.07 Å². The van der Waals surface area contributed by atoms with Crippen molar-refractivity contribution < 1.29 is 9.18 Å². The molecule has 0 aliphatic heterocycles. The van der Waals surface area contributed by atoms with Gasteiger partial charge < -0.3 is 0 Å². The Hall–Kier alpha value is -1.23. The molecule has 0 aliphatic rings. The van der Waals surface area contributed by atoms with Crippen molar-refractivity contribution in [1.29, 1.82) is 0 Å². The van der Waals surface area contributed by atoms with Crippen molar-refractivity contribution in [2.24, 2.45) is 0 Å². The Labute approximate surface area is 119 Å². The fourth-order valence-electron chi connectivity index (χ4n) is 1.70. The largest absolute Gasteiger partial charge is 0.294 e. The number of benzene rings is 2. The maximum absolute atomic E-state index is 13.0. The summed E-state index contributed by atoms with van der Waals surface area (Å²) in [4.78, 5) is 12.1. The molecule has 0 saturated heterocycles. The molecule has 0 heterocycles. The van der Waals surface area contributed by atoms with Crippen LogP contribution in [0, 0.1) is 16.3 Å². The number of aryl methyl sites for hydroxylation is 1. The van der Waals surface area contributed by atoms with Crippen molar-refractivity contribution in [1.82, 2.24) is 0 Å². The number of ketones is 1. The van der Waals surface area contributed by atoms with Crippen LogP contribution < -0.4 is 0 Å². The zero-order valence-electron chi connectivity index (χ0n) is 9.91. The predicted molar refractivity (Wildman–Crippen MR) is 78.3 cm³/mol. The van der Waals surface area contributed by atoms with E-state index in [4.69, 9.17) is 0 Å². The molecule has 3 heteroatoms. The highest BCUT2D eigenvalue weighted by Crippen LogP contribution is 2.16. The van der Waals surface area contributed by atoms with E-state index in [1.807, 2.05) is 53.8 Å². The van der Waals surface area contributed by atoms with Gasteiger partial charge in [-0.25, -0.2) is 4.39 Å².